The van der Waals surface area contributed by atoms with Crippen LogP contribution in [0.15, 0.2) is 35.2 Å². The summed E-state index contributed by atoms with van der Waals surface area (Å²) in [5.74, 6) is -0.0187. The number of nitrogens with one attached hydrogen (secondary N) is 1. The van der Waals surface area contributed by atoms with Crippen molar-refractivity contribution in [2.24, 2.45) is 0 Å². The SMILES string of the molecule is C[C@H](NC(=O)c1ccc(CCC(F)(F)F)cc1)c1ncon1. The largest absolute Gasteiger partial charge is 0.389 e. The molecule has 0 unspecified atom stereocenters. The van der Waals surface area contributed by atoms with Crippen LogP contribution in [0.5, 0.6) is 0 Å². The summed E-state index contributed by atoms with van der Waals surface area (Å²) in [6.45, 7) is 1.69. The molecule has 2 aromatic rings. The van der Waals surface area contributed by atoms with Crippen molar-refractivity contribution in [3.63, 3.8) is 0 Å². The van der Waals surface area contributed by atoms with E-state index in [0.29, 0.717) is 17.0 Å². The lowest BCUT2D eigenvalue weighted by molar-refractivity contribution is -0.134. The van der Waals surface area contributed by atoms with Gasteiger partial charge in [-0.1, -0.05) is 17.3 Å². The van der Waals surface area contributed by atoms with Crippen LogP contribution in [0.2, 0.25) is 0 Å². The van der Waals surface area contributed by atoms with E-state index in [9.17, 15) is 18.0 Å². The number of amides is 1. The zero-order valence-electron chi connectivity index (χ0n) is 11.7. The molecule has 0 aliphatic rings. The minimum atomic E-state index is -4.18. The Morgan fingerprint density at radius 3 is 2.55 bits per heavy atom. The van der Waals surface area contributed by atoms with Gasteiger partial charge in [-0.3, -0.25) is 4.79 Å². The van der Waals surface area contributed by atoms with Gasteiger partial charge < -0.3 is 9.84 Å². The van der Waals surface area contributed by atoms with Gasteiger partial charge >= 0.3 is 6.18 Å². The summed E-state index contributed by atoms with van der Waals surface area (Å²) in [6.07, 6.45) is -4.01. The van der Waals surface area contributed by atoms with E-state index in [1.807, 2.05) is 0 Å². The normalized spacial score (nSPS) is 12.9. The Morgan fingerprint density at radius 2 is 2.00 bits per heavy atom. The van der Waals surface area contributed by atoms with Gasteiger partial charge in [-0.25, -0.2) is 0 Å². The molecule has 0 aliphatic heterocycles. The quantitative estimate of drug-likeness (QED) is 0.921. The van der Waals surface area contributed by atoms with Crippen LogP contribution in [0, 0.1) is 0 Å². The Bertz CT molecular complexity index is 609. The molecule has 1 heterocycles. The summed E-state index contributed by atoms with van der Waals surface area (Å²) in [4.78, 5) is 15.8. The Kier molecular flexibility index (Phi) is 4.79. The maximum Gasteiger partial charge on any atom is 0.389 e. The second-order valence-corrected chi connectivity index (χ2v) is 4.80. The van der Waals surface area contributed by atoms with Crippen molar-refractivity contribution in [1.29, 1.82) is 0 Å². The highest BCUT2D eigenvalue weighted by molar-refractivity contribution is 5.94. The lowest BCUT2D eigenvalue weighted by Crippen LogP contribution is -2.27. The predicted octanol–water partition coefficient (Wildman–Crippen LogP) is 3.06. The van der Waals surface area contributed by atoms with Crippen LogP contribution in [0.25, 0.3) is 0 Å². The number of hydrogen-bond acceptors (Lipinski definition) is 4. The number of rotatable bonds is 5. The maximum absolute atomic E-state index is 12.1. The Morgan fingerprint density at radius 1 is 1.32 bits per heavy atom. The highest BCUT2D eigenvalue weighted by Gasteiger charge is 2.26. The lowest BCUT2D eigenvalue weighted by atomic mass is 10.1. The molecule has 1 atom stereocenters. The molecular formula is C14H14F3N3O2. The third-order valence-electron chi connectivity index (χ3n) is 3.03. The minimum Gasteiger partial charge on any atom is -0.343 e. The number of benzene rings is 1. The van der Waals surface area contributed by atoms with Crippen LogP contribution >= 0.6 is 0 Å². The molecular weight excluding hydrogens is 299 g/mol. The number of aryl methyl sites for hydroxylation is 1. The van der Waals surface area contributed by atoms with Gasteiger partial charge in [-0.2, -0.15) is 18.2 Å². The van der Waals surface area contributed by atoms with Crippen LogP contribution in [0.1, 0.15) is 41.1 Å². The van der Waals surface area contributed by atoms with Gasteiger partial charge in [0.1, 0.15) is 0 Å². The van der Waals surface area contributed by atoms with Gasteiger partial charge in [0.2, 0.25) is 6.39 Å². The molecule has 118 valence electrons. The monoisotopic (exact) mass is 313 g/mol. The molecule has 1 aromatic heterocycles. The fourth-order valence-electron chi connectivity index (χ4n) is 1.82. The second kappa shape index (κ2) is 6.59. The fraction of sp³-hybridized carbons (Fsp3) is 0.357. The van der Waals surface area contributed by atoms with Crippen molar-refractivity contribution in [3.05, 3.63) is 47.6 Å². The lowest BCUT2D eigenvalue weighted by Gasteiger charge is -2.10. The van der Waals surface area contributed by atoms with Crippen LogP contribution in [-0.2, 0) is 6.42 Å². The Labute approximate surface area is 124 Å². The fourth-order valence-corrected chi connectivity index (χ4v) is 1.82. The van der Waals surface area contributed by atoms with Gasteiger partial charge in [0, 0.05) is 12.0 Å². The summed E-state index contributed by atoms with van der Waals surface area (Å²) in [5, 5.41) is 6.29. The Hall–Kier alpha value is -2.38. The molecule has 0 saturated carbocycles. The minimum absolute atomic E-state index is 0.106. The number of nitrogens with zero attached hydrogens (tertiary/aromatic N) is 2. The second-order valence-electron chi connectivity index (χ2n) is 4.80. The van der Waals surface area contributed by atoms with Crippen LogP contribution in [0.3, 0.4) is 0 Å². The summed E-state index contributed by atoms with van der Waals surface area (Å²) in [6, 6.07) is 5.57. The molecule has 22 heavy (non-hydrogen) atoms. The van der Waals surface area contributed by atoms with Crippen molar-refractivity contribution in [2.75, 3.05) is 0 Å². The molecule has 1 N–H and O–H groups in total. The summed E-state index contributed by atoms with van der Waals surface area (Å²) in [5.41, 5.74) is 0.881. The molecule has 0 spiro atoms. The topological polar surface area (TPSA) is 68.0 Å². The molecule has 0 radical (unpaired) electrons. The third kappa shape index (κ3) is 4.57. The molecule has 0 aliphatic carbocycles. The van der Waals surface area contributed by atoms with Gasteiger partial charge in [-0.05, 0) is 31.0 Å². The van der Waals surface area contributed by atoms with Crippen molar-refractivity contribution < 1.29 is 22.5 Å². The van der Waals surface area contributed by atoms with Gasteiger partial charge in [0.25, 0.3) is 5.91 Å². The summed E-state index contributed by atoms with van der Waals surface area (Å²) < 4.78 is 41.0. The van der Waals surface area contributed by atoms with E-state index in [0.717, 1.165) is 6.39 Å². The predicted molar refractivity (Wildman–Crippen MR) is 71.0 cm³/mol. The first kappa shape index (κ1) is 16.0. The molecule has 0 saturated heterocycles. The van der Waals surface area contributed by atoms with Crippen LogP contribution in [-0.4, -0.2) is 22.2 Å². The number of halogens is 3. The first-order chi connectivity index (χ1) is 10.3. The van der Waals surface area contributed by atoms with E-state index in [2.05, 4.69) is 20.0 Å². The first-order valence-corrected chi connectivity index (χ1v) is 6.58. The van der Waals surface area contributed by atoms with E-state index >= 15 is 0 Å². The molecule has 8 heteroatoms. The molecule has 1 aromatic carbocycles. The average molecular weight is 313 g/mol. The first-order valence-electron chi connectivity index (χ1n) is 6.58. The van der Waals surface area contributed by atoms with E-state index < -0.39 is 18.6 Å². The van der Waals surface area contributed by atoms with Gasteiger partial charge in [0.05, 0.1) is 6.04 Å². The summed E-state index contributed by atoms with van der Waals surface area (Å²) >= 11 is 0. The zero-order chi connectivity index (χ0) is 16.2. The molecule has 0 fully saturated rings. The van der Waals surface area contributed by atoms with Crippen LogP contribution in [0.4, 0.5) is 13.2 Å². The van der Waals surface area contributed by atoms with Crippen molar-refractivity contribution in [2.45, 2.75) is 32.0 Å². The number of hydrogen-bond donors (Lipinski definition) is 1. The van der Waals surface area contributed by atoms with E-state index in [-0.39, 0.29) is 12.3 Å². The molecule has 5 nitrogen and oxygen atoms in total. The highest BCUT2D eigenvalue weighted by Crippen LogP contribution is 2.22. The van der Waals surface area contributed by atoms with E-state index in [1.165, 1.54) is 24.3 Å². The molecule has 0 bridgehead atoms. The summed E-state index contributed by atoms with van der Waals surface area (Å²) in [7, 11) is 0. The Balaban J connectivity index is 1.93. The molecule has 1 amide bonds. The number of carbonyl (C=O) groups is 1. The van der Waals surface area contributed by atoms with Crippen molar-refractivity contribution >= 4 is 5.91 Å². The van der Waals surface area contributed by atoms with E-state index in [4.69, 9.17) is 0 Å². The van der Waals surface area contributed by atoms with Crippen molar-refractivity contribution in [1.82, 2.24) is 15.5 Å². The number of aromatic nitrogens is 2. The average Bonchev–Trinajstić information content (AvgIpc) is 2.99. The van der Waals surface area contributed by atoms with Gasteiger partial charge in [0.15, 0.2) is 5.82 Å². The highest BCUT2D eigenvalue weighted by atomic mass is 19.4. The number of alkyl halides is 3. The smallest absolute Gasteiger partial charge is 0.343 e. The number of carbonyl (C=O) groups excluding carboxylic acids is 1. The van der Waals surface area contributed by atoms with E-state index in [1.54, 1.807) is 6.92 Å². The van der Waals surface area contributed by atoms with Gasteiger partial charge in [-0.15, -0.1) is 0 Å². The third-order valence-corrected chi connectivity index (χ3v) is 3.03. The van der Waals surface area contributed by atoms with Crippen molar-refractivity contribution in [3.8, 4) is 0 Å². The zero-order valence-corrected chi connectivity index (χ0v) is 11.7. The van der Waals surface area contributed by atoms with Crippen LogP contribution < -0.4 is 5.32 Å². The maximum atomic E-state index is 12.1. The molecule has 2 rings (SSSR count). The standard InChI is InChI=1S/C14H14F3N3O2/c1-9(12-18-8-22-20-12)19-13(21)11-4-2-10(3-5-11)6-7-14(15,16)17/h2-5,8-9H,6-7H2,1H3,(H,19,21)/t9-/m0/s1.